The van der Waals surface area contributed by atoms with Crippen molar-refractivity contribution in [3.8, 4) is 5.75 Å². The van der Waals surface area contributed by atoms with E-state index in [4.69, 9.17) is 4.74 Å². The van der Waals surface area contributed by atoms with E-state index >= 15 is 0 Å². The van der Waals surface area contributed by atoms with Crippen LogP contribution in [0.25, 0.3) is 0 Å². The van der Waals surface area contributed by atoms with Gasteiger partial charge in [-0.3, -0.25) is 9.78 Å². The van der Waals surface area contributed by atoms with Gasteiger partial charge in [0.05, 0.1) is 25.4 Å². The van der Waals surface area contributed by atoms with Gasteiger partial charge < -0.3 is 19.9 Å². The van der Waals surface area contributed by atoms with Crippen molar-refractivity contribution in [2.24, 2.45) is 0 Å². The predicted octanol–water partition coefficient (Wildman–Crippen LogP) is 0.745. The molecule has 2 fully saturated rings. The van der Waals surface area contributed by atoms with Crippen molar-refractivity contribution in [2.45, 2.75) is 25.4 Å². The average molecular weight is 322 g/mol. The van der Waals surface area contributed by atoms with Crippen molar-refractivity contribution < 1.29 is 18.7 Å². The number of hydrogen-bond donors (Lipinski definition) is 1. The van der Waals surface area contributed by atoms with Crippen LogP contribution in [-0.4, -0.2) is 59.5 Å². The summed E-state index contributed by atoms with van der Waals surface area (Å²) in [6.45, 7) is 1.81. The first-order valence-corrected chi connectivity index (χ1v) is 7.59. The Morgan fingerprint density at radius 2 is 2.30 bits per heavy atom. The second-order valence-corrected chi connectivity index (χ2v) is 5.68. The zero-order valence-electron chi connectivity index (χ0n) is 12.9. The lowest BCUT2D eigenvalue weighted by Gasteiger charge is -2.43. The molecule has 3 amide bonds. The standard InChI is InChI=1S/C15H19FN4O3/c1-23-12-4-5-17-11(14(12)16)7-18-15(22)19-8-10(9-19)20-6-2-3-13(20)21/h4-5,10H,2-3,6-9H2,1H3,(H,18,22). The highest BCUT2D eigenvalue weighted by atomic mass is 19.1. The summed E-state index contributed by atoms with van der Waals surface area (Å²) in [5.41, 5.74) is 0.129. The molecule has 1 N–H and O–H groups in total. The van der Waals surface area contributed by atoms with Crippen LogP contribution in [0.2, 0.25) is 0 Å². The van der Waals surface area contributed by atoms with E-state index in [1.807, 2.05) is 4.90 Å². The number of hydrogen-bond acceptors (Lipinski definition) is 4. The highest BCUT2D eigenvalue weighted by Gasteiger charge is 2.38. The SMILES string of the molecule is COc1ccnc(CNC(=O)N2CC(N3CCCC3=O)C2)c1F. The molecule has 0 unspecified atom stereocenters. The molecule has 2 aliphatic heterocycles. The minimum absolute atomic E-state index is 0.00826. The molecule has 3 rings (SSSR count). The van der Waals surface area contributed by atoms with Crippen LogP contribution in [-0.2, 0) is 11.3 Å². The lowest BCUT2D eigenvalue weighted by Crippen LogP contribution is -2.63. The quantitative estimate of drug-likeness (QED) is 0.887. The first-order valence-electron chi connectivity index (χ1n) is 7.59. The number of nitrogens with zero attached hydrogens (tertiary/aromatic N) is 3. The molecule has 0 atom stereocenters. The molecule has 2 saturated heterocycles. The number of carbonyl (C=O) groups excluding carboxylic acids is 2. The fourth-order valence-electron chi connectivity index (χ4n) is 2.89. The van der Waals surface area contributed by atoms with E-state index in [9.17, 15) is 14.0 Å². The van der Waals surface area contributed by atoms with Crippen LogP contribution < -0.4 is 10.1 Å². The van der Waals surface area contributed by atoms with Crippen molar-refractivity contribution in [3.05, 3.63) is 23.8 Å². The number of methoxy groups -OCH3 is 1. The van der Waals surface area contributed by atoms with Gasteiger partial charge in [-0.25, -0.2) is 9.18 Å². The zero-order valence-corrected chi connectivity index (χ0v) is 12.9. The van der Waals surface area contributed by atoms with Crippen LogP contribution in [0.3, 0.4) is 0 Å². The summed E-state index contributed by atoms with van der Waals surface area (Å²) in [6.07, 6.45) is 2.92. The number of nitrogens with one attached hydrogen (secondary N) is 1. The highest BCUT2D eigenvalue weighted by molar-refractivity contribution is 5.80. The van der Waals surface area contributed by atoms with Crippen molar-refractivity contribution in [1.82, 2.24) is 20.1 Å². The van der Waals surface area contributed by atoms with Gasteiger partial charge in [-0.05, 0) is 6.42 Å². The third-order valence-corrected chi connectivity index (χ3v) is 4.25. The van der Waals surface area contributed by atoms with Gasteiger partial charge in [-0.1, -0.05) is 0 Å². The zero-order chi connectivity index (χ0) is 16.4. The van der Waals surface area contributed by atoms with Crippen LogP contribution >= 0.6 is 0 Å². The molecule has 7 nitrogen and oxygen atoms in total. The van der Waals surface area contributed by atoms with Gasteiger partial charge in [-0.2, -0.15) is 0 Å². The highest BCUT2D eigenvalue weighted by Crippen LogP contribution is 2.21. The van der Waals surface area contributed by atoms with Crippen LogP contribution in [0.1, 0.15) is 18.5 Å². The van der Waals surface area contributed by atoms with Crippen molar-refractivity contribution in [2.75, 3.05) is 26.7 Å². The number of ether oxygens (including phenoxy) is 1. The number of halogens is 1. The molecular weight excluding hydrogens is 303 g/mol. The third kappa shape index (κ3) is 3.06. The Bertz CT molecular complexity index is 619. The molecule has 0 aliphatic carbocycles. The maximum absolute atomic E-state index is 13.9. The van der Waals surface area contributed by atoms with Gasteiger partial charge in [0.2, 0.25) is 5.91 Å². The van der Waals surface area contributed by atoms with E-state index in [2.05, 4.69) is 10.3 Å². The fourth-order valence-corrected chi connectivity index (χ4v) is 2.89. The topological polar surface area (TPSA) is 74.8 Å². The lowest BCUT2D eigenvalue weighted by molar-refractivity contribution is -0.132. The second kappa shape index (κ2) is 6.39. The fraction of sp³-hybridized carbons (Fsp3) is 0.533. The Hall–Kier alpha value is -2.38. The maximum Gasteiger partial charge on any atom is 0.317 e. The summed E-state index contributed by atoms with van der Waals surface area (Å²) in [7, 11) is 1.38. The summed E-state index contributed by atoms with van der Waals surface area (Å²) in [5, 5.41) is 2.64. The predicted molar refractivity (Wildman–Crippen MR) is 79.3 cm³/mol. The molecule has 0 radical (unpaired) electrons. The Morgan fingerprint density at radius 3 is 2.96 bits per heavy atom. The molecule has 0 aromatic carbocycles. The summed E-state index contributed by atoms with van der Waals surface area (Å²) < 4.78 is 18.8. The van der Waals surface area contributed by atoms with E-state index in [1.54, 1.807) is 4.90 Å². The Kier molecular flexibility index (Phi) is 4.31. The monoisotopic (exact) mass is 322 g/mol. The molecule has 3 heterocycles. The molecule has 8 heteroatoms. The summed E-state index contributed by atoms with van der Waals surface area (Å²) in [5.74, 6) is -0.307. The van der Waals surface area contributed by atoms with Gasteiger partial charge in [0.25, 0.3) is 0 Å². The Morgan fingerprint density at radius 1 is 1.52 bits per heavy atom. The van der Waals surface area contributed by atoms with Crippen LogP contribution in [0, 0.1) is 5.82 Å². The van der Waals surface area contributed by atoms with Crippen LogP contribution in [0.5, 0.6) is 5.75 Å². The van der Waals surface area contributed by atoms with Gasteiger partial charge in [0, 0.05) is 38.3 Å². The number of urea groups is 1. The number of rotatable bonds is 4. The van der Waals surface area contributed by atoms with Crippen molar-refractivity contribution >= 4 is 11.9 Å². The van der Waals surface area contributed by atoms with Gasteiger partial charge in [-0.15, -0.1) is 0 Å². The number of carbonyl (C=O) groups is 2. The first kappa shape index (κ1) is 15.5. The van der Waals surface area contributed by atoms with E-state index < -0.39 is 5.82 Å². The van der Waals surface area contributed by atoms with Crippen LogP contribution in [0.4, 0.5) is 9.18 Å². The van der Waals surface area contributed by atoms with Crippen LogP contribution in [0.15, 0.2) is 12.3 Å². The molecule has 0 bridgehead atoms. The van der Waals surface area contributed by atoms with E-state index in [-0.39, 0.29) is 36.0 Å². The smallest absolute Gasteiger partial charge is 0.317 e. The number of pyridine rings is 1. The minimum atomic E-state index is -0.570. The van der Waals surface area contributed by atoms with E-state index in [0.29, 0.717) is 19.5 Å². The normalized spacial score (nSPS) is 18.1. The third-order valence-electron chi connectivity index (χ3n) is 4.25. The molecule has 23 heavy (non-hydrogen) atoms. The lowest BCUT2D eigenvalue weighted by atomic mass is 10.1. The summed E-state index contributed by atoms with van der Waals surface area (Å²) in [6, 6.07) is 1.26. The molecule has 1 aromatic heterocycles. The largest absolute Gasteiger partial charge is 0.494 e. The van der Waals surface area contributed by atoms with Crippen molar-refractivity contribution in [1.29, 1.82) is 0 Å². The molecule has 124 valence electrons. The molecular formula is C15H19FN4O3. The van der Waals surface area contributed by atoms with E-state index in [0.717, 1.165) is 13.0 Å². The molecule has 0 spiro atoms. The van der Waals surface area contributed by atoms with Gasteiger partial charge in [0.1, 0.15) is 0 Å². The summed E-state index contributed by atoms with van der Waals surface area (Å²) >= 11 is 0. The maximum atomic E-state index is 13.9. The van der Waals surface area contributed by atoms with Crippen molar-refractivity contribution in [3.63, 3.8) is 0 Å². The van der Waals surface area contributed by atoms with Gasteiger partial charge >= 0.3 is 6.03 Å². The Balaban J connectivity index is 1.49. The molecule has 0 saturated carbocycles. The first-order chi connectivity index (χ1) is 11.1. The van der Waals surface area contributed by atoms with E-state index in [1.165, 1.54) is 19.4 Å². The number of aromatic nitrogens is 1. The summed E-state index contributed by atoms with van der Waals surface area (Å²) in [4.78, 5) is 31.0. The Labute approximate surface area is 133 Å². The molecule has 1 aromatic rings. The number of likely N-dealkylation sites (tertiary alicyclic amines) is 2. The minimum Gasteiger partial charge on any atom is -0.494 e. The molecule has 2 aliphatic rings. The average Bonchev–Trinajstić information content (AvgIpc) is 2.91. The number of amides is 3. The second-order valence-electron chi connectivity index (χ2n) is 5.68. The van der Waals surface area contributed by atoms with Gasteiger partial charge in [0.15, 0.2) is 11.6 Å².